The van der Waals surface area contributed by atoms with Crippen molar-refractivity contribution in [3.63, 3.8) is 0 Å². The van der Waals surface area contributed by atoms with Gasteiger partial charge in [0.15, 0.2) is 0 Å². The number of carbonyl (C=O) groups is 2. The Morgan fingerprint density at radius 3 is 2.07 bits per heavy atom. The lowest BCUT2D eigenvalue weighted by Crippen LogP contribution is -2.07. The predicted molar refractivity (Wildman–Crippen MR) is 110 cm³/mol. The van der Waals surface area contributed by atoms with Crippen LogP contribution in [0.2, 0.25) is 0 Å². The van der Waals surface area contributed by atoms with Gasteiger partial charge in [-0.05, 0) is 30.2 Å². The number of esters is 2. The van der Waals surface area contributed by atoms with Crippen LogP contribution in [0.5, 0.6) is 0 Å². The average molecular weight is 386 g/mol. The molecule has 0 aliphatic carbocycles. The molecule has 2 heterocycles. The number of carbonyl (C=O) groups excluding carboxylic acids is 2. The van der Waals surface area contributed by atoms with Crippen molar-refractivity contribution in [2.45, 2.75) is 6.92 Å². The molecule has 0 fully saturated rings. The number of ether oxygens (including phenoxy) is 2. The number of rotatable bonds is 3. The highest BCUT2D eigenvalue weighted by Gasteiger charge is 2.17. The van der Waals surface area contributed by atoms with Gasteiger partial charge in [-0.1, -0.05) is 48.0 Å². The van der Waals surface area contributed by atoms with Crippen LogP contribution < -0.4 is 0 Å². The molecule has 0 saturated heterocycles. The van der Waals surface area contributed by atoms with Crippen LogP contribution in [0.15, 0.2) is 54.6 Å². The fraction of sp³-hybridized carbons (Fsp3) is 0.130. The van der Waals surface area contributed by atoms with Gasteiger partial charge in [0.2, 0.25) is 0 Å². The monoisotopic (exact) mass is 386 g/mol. The molecule has 0 amide bonds. The molecule has 2 aromatic heterocycles. The van der Waals surface area contributed by atoms with E-state index in [0.717, 1.165) is 27.5 Å². The smallest absolute Gasteiger partial charge is 0.356 e. The minimum atomic E-state index is -0.540. The van der Waals surface area contributed by atoms with Crippen LogP contribution in [0.1, 0.15) is 26.5 Å². The van der Waals surface area contributed by atoms with Gasteiger partial charge >= 0.3 is 11.9 Å². The van der Waals surface area contributed by atoms with Gasteiger partial charge in [-0.25, -0.2) is 19.6 Å². The Kier molecular flexibility index (Phi) is 4.68. The molecule has 0 radical (unpaired) electrons. The van der Waals surface area contributed by atoms with Gasteiger partial charge in [0.25, 0.3) is 0 Å². The largest absolute Gasteiger partial charge is 0.464 e. The van der Waals surface area contributed by atoms with Crippen LogP contribution in [0.4, 0.5) is 0 Å². The van der Waals surface area contributed by atoms with Crippen molar-refractivity contribution in [2.24, 2.45) is 0 Å². The summed E-state index contributed by atoms with van der Waals surface area (Å²) in [6.45, 7) is 2.01. The Morgan fingerprint density at radius 2 is 1.38 bits per heavy atom. The first kappa shape index (κ1) is 18.6. The van der Waals surface area contributed by atoms with Gasteiger partial charge in [-0.2, -0.15) is 0 Å². The number of benzene rings is 2. The lowest BCUT2D eigenvalue weighted by atomic mass is 9.98. The molecule has 0 bridgehead atoms. The van der Waals surface area contributed by atoms with E-state index >= 15 is 0 Å². The fourth-order valence-corrected chi connectivity index (χ4v) is 3.27. The number of hydrogen-bond donors (Lipinski definition) is 0. The average Bonchev–Trinajstić information content (AvgIpc) is 2.77. The van der Waals surface area contributed by atoms with E-state index in [1.807, 2.05) is 43.3 Å². The summed E-state index contributed by atoms with van der Waals surface area (Å²) >= 11 is 0. The van der Waals surface area contributed by atoms with Crippen molar-refractivity contribution in [2.75, 3.05) is 14.2 Å². The Hall–Kier alpha value is -3.80. The quantitative estimate of drug-likeness (QED) is 0.385. The molecule has 29 heavy (non-hydrogen) atoms. The minimum Gasteiger partial charge on any atom is -0.464 e. The molecule has 4 rings (SSSR count). The highest BCUT2D eigenvalue weighted by atomic mass is 16.5. The third-order valence-corrected chi connectivity index (χ3v) is 4.79. The summed E-state index contributed by atoms with van der Waals surface area (Å²) in [4.78, 5) is 33.2. The second-order valence-corrected chi connectivity index (χ2v) is 6.63. The van der Waals surface area contributed by atoms with Crippen LogP contribution >= 0.6 is 0 Å². The summed E-state index contributed by atoms with van der Waals surface area (Å²) in [5.41, 5.74) is 4.30. The summed E-state index contributed by atoms with van der Waals surface area (Å²) in [5, 5.41) is 1.62. The van der Waals surface area contributed by atoms with E-state index in [2.05, 4.69) is 9.97 Å². The lowest BCUT2D eigenvalue weighted by Gasteiger charge is -2.12. The van der Waals surface area contributed by atoms with Crippen LogP contribution in [-0.2, 0) is 9.47 Å². The van der Waals surface area contributed by atoms with Crippen molar-refractivity contribution in [3.05, 3.63) is 71.5 Å². The molecule has 0 spiro atoms. The predicted octanol–water partition coefficient (Wildman–Crippen LogP) is 4.33. The van der Waals surface area contributed by atoms with Gasteiger partial charge in [-0.15, -0.1) is 0 Å². The maximum atomic E-state index is 12.3. The third kappa shape index (κ3) is 3.29. The number of nitrogens with zero attached hydrogens (tertiary/aromatic N) is 2. The van der Waals surface area contributed by atoms with Crippen LogP contribution in [0, 0.1) is 6.92 Å². The van der Waals surface area contributed by atoms with Gasteiger partial charge < -0.3 is 9.47 Å². The van der Waals surface area contributed by atoms with Gasteiger partial charge in [0, 0.05) is 10.8 Å². The second kappa shape index (κ2) is 7.31. The maximum Gasteiger partial charge on any atom is 0.356 e. The van der Waals surface area contributed by atoms with E-state index < -0.39 is 11.9 Å². The summed E-state index contributed by atoms with van der Waals surface area (Å²) in [7, 11) is 2.62. The SMILES string of the molecule is COC(=O)c1ccc2ccc3c(-c4ccc(C)cc4)cc(C(=O)OC)nc3c2n1. The Labute approximate surface area is 167 Å². The van der Waals surface area contributed by atoms with Crippen LogP contribution in [0.3, 0.4) is 0 Å². The number of fused-ring (bicyclic) bond motifs is 3. The van der Waals surface area contributed by atoms with E-state index in [0.29, 0.717) is 11.0 Å². The molecule has 0 aliphatic heterocycles. The Bertz CT molecular complexity index is 1260. The summed E-state index contributed by atoms with van der Waals surface area (Å²) in [5.74, 6) is -1.08. The fourth-order valence-electron chi connectivity index (χ4n) is 3.27. The third-order valence-electron chi connectivity index (χ3n) is 4.79. The Balaban J connectivity index is 2.09. The van der Waals surface area contributed by atoms with E-state index in [1.54, 1.807) is 18.2 Å². The summed E-state index contributed by atoms with van der Waals surface area (Å²) in [6.07, 6.45) is 0. The van der Waals surface area contributed by atoms with Crippen molar-refractivity contribution >= 4 is 33.7 Å². The van der Waals surface area contributed by atoms with E-state index in [4.69, 9.17) is 9.47 Å². The molecule has 0 atom stereocenters. The Morgan fingerprint density at radius 1 is 0.759 bits per heavy atom. The second-order valence-electron chi connectivity index (χ2n) is 6.63. The lowest BCUT2D eigenvalue weighted by molar-refractivity contribution is 0.0585. The number of aryl methyl sites for hydroxylation is 1. The zero-order valence-electron chi connectivity index (χ0n) is 16.2. The van der Waals surface area contributed by atoms with E-state index in [9.17, 15) is 9.59 Å². The first-order valence-electron chi connectivity index (χ1n) is 9.00. The highest BCUT2D eigenvalue weighted by molar-refractivity contribution is 6.10. The van der Waals surface area contributed by atoms with Crippen molar-refractivity contribution in [1.29, 1.82) is 0 Å². The standard InChI is InChI=1S/C23H18N2O4/c1-13-4-6-14(7-5-13)17-12-19(23(27)29-3)25-21-16(17)10-8-15-9-11-18(22(26)28-2)24-20(15)21/h4-12H,1-3H3. The molecule has 0 saturated carbocycles. The highest BCUT2D eigenvalue weighted by Crippen LogP contribution is 2.32. The molecule has 4 aromatic rings. The first-order chi connectivity index (χ1) is 14.0. The van der Waals surface area contributed by atoms with Gasteiger partial charge in [0.1, 0.15) is 11.4 Å². The molecule has 2 aromatic carbocycles. The molecular formula is C23H18N2O4. The molecule has 6 heteroatoms. The zero-order valence-corrected chi connectivity index (χ0v) is 16.2. The number of methoxy groups -OCH3 is 2. The first-order valence-corrected chi connectivity index (χ1v) is 9.00. The van der Waals surface area contributed by atoms with Gasteiger partial charge in [-0.3, -0.25) is 0 Å². The number of pyridine rings is 2. The van der Waals surface area contributed by atoms with Crippen molar-refractivity contribution < 1.29 is 19.1 Å². The van der Waals surface area contributed by atoms with Crippen molar-refractivity contribution in [1.82, 2.24) is 9.97 Å². The zero-order chi connectivity index (χ0) is 20.5. The summed E-state index contributed by atoms with van der Waals surface area (Å²) in [6, 6.07) is 17.0. The molecule has 0 unspecified atom stereocenters. The normalized spacial score (nSPS) is 10.9. The number of aromatic nitrogens is 2. The molecular weight excluding hydrogens is 368 g/mol. The van der Waals surface area contributed by atoms with Crippen LogP contribution in [-0.4, -0.2) is 36.1 Å². The van der Waals surface area contributed by atoms with Crippen molar-refractivity contribution in [3.8, 4) is 11.1 Å². The molecule has 0 N–H and O–H groups in total. The van der Waals surface area contributed by atoms with Gasteiger partial charge in [0.05, 0.1) is 25.3 Å². The van der Waals surface area contributed by atoms with E-state index in [-0.39, 0.29) is 11.4 Å². The minimum absolute atomic E-state index is 0.174. The molecule has 0 aliphatic rings. The number of hydrogen-bond acceptors (Lipinski definition) is 6. The summed E-state index contributed by atoms with van der Waals surface area (Å²) < 4.78 is 9.68. The van der Waals surface area contributed by atoms with E-state index in [1.165, 1.54) is 14.2 Å². The van der Waals surface area contributed by atoms with Crippen LogP contribution in [0.25, 0.3) is 32.9 Å². The topological polar surface area (TPSA) is 78.4 Å². The molecule has 144 valence electrons. The molecule has 6 nitrogen and oxygen atoms in total. The maximum absolute atomic E-state index is 12.3.